The van der Waals surface area contributed by atoms with E-state index in [1.165, 1.54) is 12.8 Å². The van der Waals surface area contributed by atoms with E-state index >= 15 is 0 Å². The third kappa shape index (κ3) is 1.22. The molecule has 0 saturated heterocycles. The second-order valence-electron chi connectivity index (χ2n) is 2.83. The van der Waals surface area contributed by atoms with Crippen molar-refractivity contribution < 1.29 is 0 Å². The van der Waals surface area contributed by atoms with Crippen LogP contribution >= 0.6 is 11.6 Å². The van der Waals surface area contributed by atoms with Crippen LogP contribution in [0.2, 0.25) is 0 Å². The molecule has 2 rings (SSSR count). The highest BCUT2D eigenvalue weighted by Gasteiger charge is 2.28. The van der Waals surface area contributed by atoms with Gasteiger partial charge in [-0.2, -0.15) is 0 Å². The minimum atomic E-state index is -0.0920. The Labute approximate surface area is 69.5 Å². The Balaban J connectivity index is 2.30. The topological polar surface area (TPSA) is 43.6 Å². The zero-order chi connectivity index (χ0) is 7.84. The number of alkyl halides is 1. The molecule has 1 aromatic heterocycles. The lowest BCUT2D eigenvalue weighted by atomic mass is 10.4. The zero-order valence-electron chi connectivity index (χ0n) is 6.24. The Morgan fingerprint density at radius 2 is 2.36 bits per heavy atom. The van der Waals surface area contributed by atoms with Gasteiger partial charge in [0.15, 0.2) is 5.82 Å². The highest BCUT2D eigenvalue weighted by molar-refractivity contribution is 6.20. The molecule has 0 bridgehead atoms. The van der Waals surface area contributed by atoms with E-state index in [4.69, 9.17) is 11.6 Å². The zero-order valence-corrected chi connectivity index (χ0v) is 6.99. The Bertz CT molecular complexity index is 236. The lowest BCUT2D eigenvalue weighted by Gasteiger charge is -2.01. The van der Waals surface area contributed by atoms with Crippen molar-refractivity contribution in [1.29, 1.82) is 0 Å². The summed E-state index contributed by atoms with van der Waals surface area (Å²) in [6, 6.07) is 0.515. The van der Waals surface area contributed by atoms with E-state index in [-0.39, 0.29) is 5.38 Å². The number of tetrazole rings is 1. The Kier molecular flexibility index (Phi) is 1.56. The summed E-state index contributed by atoms with van der Waals surface area (Å²) in [6.45, 7) is 1.88. The van der Waals surface area contributed by atoms with E-state index in [0.29, 0.717) is 6.04 Å². The van der Waals surface area contributed by atoms with E-state index in [2.05, 4.69) is 15.5 Å². The van der Waals surface area contributed by atoms with Gasteiger partial charge in [-0.3, -0.25) is 0 Å². The quantitative estimate of drug-likeness (QED) is 0.632. The van der Waals surface area contributed by atoms with Crippen LogP contribution in [0.5, 0.6) is 0 Å². The molecule has 1 aromatic rings. The lowest BCUT2D eigenvalue weighted by Crippen LogP contribution is -2.03. The van der Waals surface area contributed by atoms with Crippen LogP contribution in [-0.2, 0) is 0 Å². The number of halogens is 1. The van der Waals surface area contributed by atoms with Crippen LogP contribution in [0.1, 0.15) is 37.0 Å². The minimum Gasteiger partial charge on any atom is -0.225 e. The van der Waals surface area contributed by atoms with Gasteiger partial charge in [-0.25, -0.2) is 4.68 Å². The molecule has 1 aliphatic carbocycles. The molecule has 1 fully saturated rings. The van der Waals surface area contributed by atoms with Crippen LogP contribution in [0.4, 0.5) is 0 Å². The average Bonchev–Trinajstić information content (AvgIpc) is 2.68. The first-order valence-corrected chi connectivity index (χ1v) is 4.14. The van der Waals surface area contributed by atoms with Crippen molar-refractivity contribution in [2.24, 2.45) is 0 Å². The first-order chi connectivity index (χ1) is 5.29. The van der Waals surface area contributed by atoms with Crippen LogP contribution < -0.4 is 0 Å². The van der Waals surface area contributed by atoms with E-state index in [0.717, 1.165) is 5.82 Å². The monoisotopic (exact) mass is 172 g/mol. The van der Waals surface area contributed by atoms with Gasteiger partial charge >= 0.3 is 0 Å². The highest BCUT2D eigenvalue weighted by atomic mass is 35.5. The second-order valence-corrected chi connectivity index (χ2v) is 3.48. The summed E-state index contributed by atoms with van der Waals surface area (Å²) in [5.74, 6) is 0.786. The number of nitrogens with zero attached hydrogens (tertiary/aromatic N) is 4. The Hall–Kier alpha value is -0.640. The number of hydrogen-bond donors (Lipinski definition) is 0. The Morgan fingerprint density at radius 3 is 2.91 bits per heavy atom. The highest BCUT2D eigenvalue weighted by Crippen LogP contribution is 2.36. The first kappa shape index (κ1) is 7.03. The summed E-state index contributed by atoms with van der Waals surface area (Å²) in [5.41, 5.74) is 0. The van der Waals surface area contributed by atoms with Crippen molar-refractivity contribution in [3.63, 3.8) is 0 Å². The van der Waals surface area contributed by atoms with E-state index in [1.807, 2.05) is 11.6 Å². The molecule has 0 amide bonds. The molecule has 0 aliphatic heterocycles. The molecule has 0 aromatic carbocycles. The maximum atomic E-state index is 5.86. The number of rotatable bonds is 2. The predicted molar refractivity (Wildman–Crippen MR) is 40.4 cm³/mol. The summed E-state index contributed by atoms with van der Waals surface area (Å²) in [6.07, 6.45) is 2.36. The van der Waals surface area contributed by atoms with Gasteiger partial charge in [0.2, 0.25) is 0 Å². The van der Waals surface area contributed by atoms with Crippen molar-refractivity contribution in [3.05, 3.63) is 5.82 Å². The van der Waals surface area contributed by atoms with Gasteiger partial charge in [0, 0.05) is 0 Å². The SMILES string of the molecule is C[C@@H](Cl)c1nnnn1C1CC1. The second kappa shape index (κ2) is 2.44. The lowest BCUT2D eigenvalue weighted by molar-refractivity contribution is 0.582. The molecule has 4 nitrogen and oxygen atoms in total. The summed E-state index contributed by atoms with van der Waals surface area (Å²) >= 11 is 5.86. The minimum absolute atomic E-state index is 0.0920. The standard InChI is InChI=1S/C6H9ClN4/c1-4(7)6-8-9-10-11(6)5-2-3-5/h4-5H,2-3H2,1H3/t4-/m1/s1. The van der Waals surface area contributed by atoms with Crippen molar-refractivity contribution in [2.75, 3.05) is 0 Å². The van der Waals surface area contributed by atoms with Crippen LogP contribution in [0.15, 0.2) is 0 Å². The summed E-state index contributed by atoms with van der Waals surface area (Å²) in [7, 11) is 0. The van der Waals surface area contributed by atoms with Crippen LogP contribution in [-0.4, -0.2) is 20.2 Å². The first-order valence-electron chi connectivity index (χ1n) is 3.71. The summed E-state index contributed by atoms with van der Waals surface area (Å²) in [4.78, 5) is 0. The third-order valence-corrected chi connectivity index (χ3v) is 1.96. The van der Waals surface area contributed by atoms with Crippen LogP contribution in [0.25, 0.3) is 0 Å². The van der Waals surface area contributed by atoms with E-state index in [1.54, 1.807) is 0 Å². The van der Waals surface area contributed by atoms with Crippen molar-refractivity contribution in [1.82, 2.24) is 20.2 Å². The molecular weight excluding hydrogens is 164 g/mol. The summed E-state index contributed by atoms with van der Waals surface area (Å²) in [5, 5.41) is 11.2. The fourth-order valence-electron chi connectivity index (χ4n) is 1.04. The maximum absolute atomic E-state index is 5.86. The van der Waals surface area contributed by atoms with Gasteiger partial charge in [0.05, 0.1) is 11.4 Å². The molecule has 1 heterocycles. The van der Waals surface area contributed by atoms with E-state index < -0.39 is 0 Å². The summed E-state index contributed by atoms with van der Waals surface area (Å²) < 4.78 is 1.83. The molecule has 0 unspecified atom stereocenters. The van der Waals surface area contributed by atoms with Gasteiger partial charge in [0.25, 0.3) is 0 Å². The van der Waals surface area contributed by atoms with Crippen LogP contribution in [0, 0.1) is 0 Å². The molecule has 1 atom stereocenters. The third-order valence-electron chi connectivity index (χ3n) is 1.77. The fourth-order valence-corrected chi connectivity index (χ4v) is 1.19. The fraction of sp³-hybridized carbons (Fsp3) is 0.833. The largest absolute Gasteiger partial charge is 0.225 e. The molecule has 11 heavy (non-hydrogen) atoms. The molecule has 0 N–H and O–H groups in total. The van der Waals surface area contributed by atoms with Crippen molar-refractivity contribution in [2.45, 2.75) is 31.2 Å². The number of aromatic nitrogens is 4. The van der Waals surface area contributed by atoms with Gasteiger partial charge < -0.3 is 0 Å². The molecule has 1 aliphatic rings. The van der Waals surface area contributed by atoms with Crippen molar-refractivity contribution >= 4 is 11.6 Å². The molecule has 1 saturated carbocycles. The van der Waals surface area contributed by atoms with Gasteiger partial charge in [-0.05, 0) is 30.2 Å². The van der Waals surface area contributed by atoms with Crippen molar-refractivity contribution in [3.8, 4) is 0 Å². The predicted octanol–water partition coefficient (Wildman–Crippen LogP) is 1.31. The molecule has 60 valence electrons. The molecule has 0 spiro atoms. The average molecular weight is 173 g/mol. The number of hydrogen-bond acceptors (Lipinski definition) is 3. The van der Waals surface area contributed by atoms with Crippen LogP contribution in [0.3, 0.4) is 0 Å². The Morgan fingerprint density at radius 1 is 1.64 bits per heavy atom. The van der Waals surface area contributed by atoms with E-state index in [9.17, 15) is 0 Å². The molecular formula is C6H9ClN4. The van der Waals surface area contributed by atoms with Gasteiger partial charge in [-0.15, -0.1) is 16.7 Å². The normalized spacial score (nSPS) is 20.2. The van der Waals surface area contributed by atoms with Gasteiger partial charge in [-0.1, -0.05) is 0 Å². The molecule has 5 heteroatoms. The molecule has 0 radical (unpaired) electrons. The smallest absolute Gasteiger partial charge is 0.169 e. The van der Waals surface area contributed by atoms with Gasteiger partial charge in [0.1, 0.15) is 0 Å². The maximum Gasteiger partial charge on any atom is 0.169 e.